The molecule has 2 N–H and O–H groups in total. The van der Waals surface area contributed by atoms with Crippen LogP contribution in [0.15, 0.2) is 0 Å². The summed E-state index contributed by atoms with van der Waals surface area (Å²) in [5.41, 5.74) is 0.184. The number of fused-ring (bicyclic) bond motifs is 1. The molecule has 4 rings (SSSR count). The highest BCUT2D eigenvalue weighted by molar-refractivity contribution is 5.73. The number of carboxylic acid groups (broad SMARTS) is 1. The summed E-state index contributed by atoms with van der Waals surface area (Å²) in [5.74, 6) is 0.590. The molecular weight excluding hydrogens is 190 g/mol. The predicted molar refractivity (Wildman–Crippen MR) is 56.5 cm³/mol. The van der Waals surface area contributed by atoms with Gasteiger partial charge >= 0.3 is 5.97 Å². The fraction of sp³-hybridized carbons (Fsp3) is 0.917. The highest BCUT2D eigenvalue weighted by Crippen LogP contribution is 2.67. The minimum absolute atomic E-state index is 0.0117. The molecule has 3 saturated carbocycles. The lowest BCUT2D eigenvalue weighted by molar-refractivity contribution is -0.160. The Bertz CT molecular complexity index is 281. The van der Waals surface area contributed by atoms with Crippen LogP contribution in [-0.2, 0) is 4.79 Å². The molecule has 1 saturated heterocycles. The highest BCUT2D eigenvalue weighted by Gasteiger charge is 2.64. The van der Waals surface area contributed by atoms with Crippen molar-refractivity contribution in [1.29, 1.82) is 0 Å². The van der Waals surface area contributed by atoms with Crippen LogP contribution < -0.4 is 5.32 Å². The first-order chi connectivity index (χ1) is 7.24. The molecule has 1 heterocycles. The Morgan fingerprint density at radius 1 is 1.40 bits per heavy atom. The Labute approximate surface area is 90.2 Å². The van der Waals surface area contributed by atoms with Gasteiger partial charge < -0.3 is 10.4 Å². The molecule has 0 aromatic carbocycles. The second-order valence-electron chi connectivity index (χ2n) is 5.60. The lowest BCUT2D eigenvalue weighted by Gasteiger charge is -2.51. The minimum Gasteiger partial charge on any atom is -0.481 e. The van der Waals surface area contributed by atoms with Crippen molar-refractivity contribution in [3.05, 3.63) is 0 Å². The third kappa shape index (κ3) is 1.19. The second kappa shape index (κ2) is 3.21. The number of aliphatic carboxylic acids is 1. The normalized spacial score (nSPS) is 48.7. The van der Waals surface area contributed by atoms with E-state index in [2.05, 4.69) is 5.32 Å². The molecule has 1 aliphatic heterocycles. The van der Waals surface area contributed by atoms with Crippen LogP contribution in [0.25, 0.3) is 0 Å². The second-order valence-corrected chi connectivity index (χ2v) is 5.60. The molecule has 3 nitrogen and oxygen atoms in total. The van der Waals surface area contributed by atoms with Crippen LogP contribution in [0.1, 0.15) is 32.1 Å². The summed E-state index contributed by atoms with van der Waals surface area (Å²) in [4.78, 5) is 11.3. The quantitative estimate of drug-likeness (QED) is 0.724. The van der Waals surface area contributed by atoms with Gasteiger partial charge in [0.1, 0.15) is 0 Å². The van der Waals surface area contributed by atoms with E-state index in [1.165, 1.54) is 25.7 Å². The van der Waals surface area contributed by atoms with Crippen LogP contribution >= 0.6 is 0 Å². The number of hydrogen-bond acceptors (Lipinski definition) is 2. The van der Waals surface area contributed by atoms with Crippen LogP contribution in [0.5, 0.6) is 0 Å². The average molecular weight is 209 g/mol. The molecule has 4 fully saturated rings. The molecule has 0 aromatic heterocycles. The van der Waals surface area contributed by atoms with Gasteiger partial charge in [-0.05, 0) is 62.4 Å². The van der Waals surface area contributed by atoms with Crippen LogP contribution in [0, 0.1) is 23.2 Å². The summed E-state index contributed by atoms with van der Waals surface area (Å²) in [6.07, 6.45) is 5.98. The van der Waals surface area contributed by atoms with E-state index < -0.39 is 5.97 Å². The van der Waals surface area contributed by atoms with Gasteiger partial charge in [0.05, 0.1) is 5.92 Å². The van der Waals surface area contributed by atoms with Gasteiger partial charge in [-0.15, -0.1) is 0 Å². The van der Waals surface area contributed by atoms with Gasteiger partial charge in [0, 0.05) is 0 Å². The van der Waals surface area contributed by atoms with Crippen molar-refractivity contribution in [2.75, 3.05) is 13.1 Å². The zero-order valence-electron chi connectivity index (χ0n) is 9.04. The molecule has 3 heteroatoms. The summed E-state index contributed by atoms with van der Waals surface area (Å²) in [6, 6.07) is 0. The molecular formula is C12H19NO2. The van der Waals surface area contributed by atoms with Crippen LogP contribution in [0.4, 0.5) is 0 Å². The maximum atomic E-state index is 11.3. The van der Waals surface area contributed by atoms with Crippen molar-refractivity contribution in [3.8, 4) is 0 Å². The van der Waals surface area contributed by atoms with E-state index in [0.717, 1.165) is 19.5 Å². The summed E-state index contributed by atoms with van der Waals surface area (Å²) in [7, 11) is 0. The molecule has 4 unspecified atom stereocenters. The van der Waals surface area contributed by atoms with Crippen molar-refractivity contribution in [2.45, 2.75) is 32.1 Å². The van der Waals surface area contributed by atoms with E-state index >= 15 is 0 Å². The Balaban J connectivity index is 1.80. The van der Waals surface area contributed by atoms with E-state index in [4.69, 9.17) is 0 Å². The van der Waals surface area contributed by atoms with Gasteiger partial charge in [-0.2, -0.15) is 0 Å². The molecule has 4 aliphatic rings. The fourth-order valence-corrected chi connectivity index (χ4v) is 4.44. The van der Waals surface area contributed by atoms with Crippen molar-refractivity contribution in [2.24, 2.45) is 23.2 Å². The number of piperidine rings is 1. The van der Waals surface area contributed by atoms with E-state index in [9.17, 15) is 9.90 Å². The number of rotatable bonds is 2. The predicted octanol–water partition coefficient (Wildman–Crippen LogP) is 1.49. The molecule has 0 amide bonds. The third-order valence-corrected chi connectivity index (χ3v) is 5.09. The molecule has 4 atom stereocenters. The minimum atomic E-state index is -0.533. The first kappa shape index (κ1) is 9.64. The van der Waals surface area contributed by atoms with Gasteiger partial charge in [-0.25, -0.2) is 0 Å². The monoisotopic (exact) mass is 209 g/mol. The standard InChI is InChI=1S/C12H19NO2/c14-11(15)10-8-3-4-12(10,6-8)9-2-1-5-13-7-9/h8-10,13H,1-7H2,(H,14,15). The van der Waals surface area contributed by atoms with Gasteiger partial charge in [0.2, 0.25) is 0 Å². The number of carbonyl (C=O) groups is 1. The van der Waals surface area contributed by atoms with Crippen LogP contribution in [-0.4, -0.2) is 24.2 Å². The maximum Gasteiger partial charge on any atom is 0.307 e. The van der Waals surface area contributed by atoms with Gasteiger partial charge in [0.25, 0.3) is 0 Å². The lowest BCUT2D eigenvalue weighted by Crippen LogP contribution is -2.53. The smallest absolute Gasteiger partial charge is 0.307 e. The first-order valence-electron chi connectivity index (χ1n) is 6.17. The lowest BCUT2D eigenvalue weighted by atomic mass is 9.53. The van der Waals surface area contributed by atoms with Gasteiger partial charge in [-0.1, -0.05) is 0 Å². The molecule has 0 aromatic rings. The van der Waals surface area contributed by atoms with Crippen LogP contribution in [0.3, 0.4) is 0 Å². The SMILES string of the molecule is O=C(O)C1C2CCC1(C1CCCNC1)C2. The first-order valence-corrected chi connectivity index (χ1v) is 6.17. The van der Waals surface area contributed by atoms with Crippen molar-refractivity contribution in [3.63, 3.8) is 0 Å². The Kier molecular flexibility index (Phi) is 2.06. The summed E-state index contributed by atoms with van der Waals surface area (Å²) < 4.78 is 0. The molecule has 3 aliphatic carbocycles. The van der Waals surface area contributed by atoms with Crippen molar-refractivity contribution in [1.82, 2.24) is 5.32 Å². The van der Waals surface area contributed by atoms with Gasteiger partial charge in [-0.3, -0.25) is 4.79 Å². The Morgan fingerprint density at radius 2 is 2.27 bits per heavy atom. The van der Waals surface area contributed by atoms with E-state index in [-0.39, 0.29) is 11.3 Å². The van der Waals surface area contributed by atoms with E-state index in [0.29, 0.717) is 11.8 Å². The molecule has 2 bridgehead atoms. The molecule has 0 spiro atoms. The topological polar surface area (TPSA) is 49.3 Å². The van der Waals surface area contributed by atoms with E-state index in [1.807, 2.05) is 0 Å². The van der Waals surface area contributed by atoms with Crippen molar-refractivity contribution < 1.29 is 9.90 Å². The maximum absolute atomic E-state index is 11.3. The summed E-state index contributed by atoms with van der Waals surface area (Å²) in [5, 5.41) is 12.7. The average Bonchev–Trinajstić information content (AvgIpc) is 2.76. The molecule has 15 heavy (non-hydrogen) atoms. The zero-order chi connectivity index (χ0) is 10.5. The van der Waals surface area contributed by atoms with E-state index in [1.54, 1.807) is 0 Å². The summed E-state index contributed by atoms with van der Waals surface area (Å²) in [6.45, 7) is 2.17. The third-order valence-electron chi connectivity index (χ3n) is 5.09. The fourth-order valence-electron chi connectivity index (χ4n) is 4.44. The molecule has 0 radical (unpaired) electrons. The Morgan fingerprint density at radius 3 is 2.87 bits per heavy atom. The Hall–Kier alpha value is -0.570. The van der Waals surface area contributed by atoms with Crippen LogP contribution in [0.2, 0.25) is 0 Å². The number of hydrogen-bond donors (Lipinski definition) is 2. The van der Waals surface area contributed by atoms with Gasteiger partial charge in [0.15, 0.2) is 0 Å². The zero-order valence-corrected chi connectivity index (χ0v) is 9.04. The van der Waals surface area contributed by atoms with Crippen molar-refractivity contribution >= 4 is 5.97 Å². The number of carboxylic acids is 1. The summed E-state index contributed by atoms with van der Waals surface area (Å²) >= 11 is 0. The highest BCUT2D eigenvalue weighted by atomic mass is 16.4. The number of nitrogens with one attached hydrogen (secondary N) is 1. The molecule has 84 valence electrons. The largest absolute Gasteiger partial charge is 0.481 e.